The van der Waals surface area contributed by atoms with Crippen molar-refractivity contribution in [2.45, 2.75) is 113 Å². The summed E-state index contributed by atoms with van der Waals surface area (Å²) in [5, 5.41) is 38.4. The molecule has 23 heteroatoms. The summed E-state index contributed by atoms with van der Waals surface area (Å²) < 4.78 is 0. The summed E-state index contributed by atoms with van der Waals surface area (Å²) >= 11 is 1.34. The number of hydrogen-bond acceptors (Lipinski definition) is 13. The van der Waals surface area contributed by atoms with Gasteiger partial charge in [0, 0.05) is 36.4 Å². The zero-order chi connectivity index (χ0) is 54.2. The van der Waals surface area contributed by atoms with Gasteiger partial charge in [-0.2, -0.15) is 11.8 Å². The van der Waals surface area contributed by atoms with Crippen LogP contribution in [-0.2, 0) is 62.4 Å². The molecule has 1 heterocycles. The molecule has 4 aromatic rings. The number of aliphatic carboxylic acids is 1. The molecule has 0 saturated carbocycles. The number of aliphatic hydroxyl groups excluding tert-OH is 1. The first-order chi connectivity index (χ1) is 35.4. The lowest BCUT2D eigenvalue weighted by atomic mass is 10.0. The average Bonchev–Trinajstić information content (AvgIpc) is 3.79. The van der Waals surface area contributed by atoms with Gasteiger partial charge in [-0.25, -0.2) is 0 Å². The Morgan fingerprint density at radius 1 is 0.581 bits per heavy atom. The van der Waals surface area contributed by atoms with E-state index in [4.69, 9.17) is 17.2 Å². The Morgan fingerprint density at radius 3 is 1.62 bits per heavy atom. The molecule has 22 nitrogen and oxygen atoms in total. The van der Waals surface area contributed by atoms with Gasteiger partial charge in [-0.15, -0.1) is 0 Å². The fourth-order valence-corrected chi connectivity index (χ4v) is 8.25. The Morgan fingerprint density at radius 2 is 1.05 bits per heavy atom. The van der Waals surface area contributed by atoms with Crippen molar-refractivity contribution < 1.29 is 53.4 Å². The van der Waals surface area contributed by atoms with E-state index in [1.165, 1.54) is 18.7 Å². The number of aromatic nitrogens is 1. The standard InChI is InChI=1S/C51H69N11O11S/c1-30(51(72)73)56-48(69)40(26-32-15-7-4-8-16-32)61-50(71)42(29-63)62-47(68)39(22-24-74-2)59-45(66)37(19-11-12-23-52)57-46(67)38(20-21-43(54)64)58-49(70)41(27-33-28-55-36-18-10-9-17-34(33)36)60-44(65)35(53)25-31-13-5-3-6-14-31/h3-10,13-18,28,30,35,37-42,55,63H,11-12,19-27,29,52-53H2,1-2H3,(H2,54,64)(H,56,69)(H,57,67)(H,58,70)(H,59,66)(H,60,65)(H,61,71)(H,62,68)(H,72,73)/t30-,35-,37-,38-,39-,40-,41-,42-/m0/s1. The molecular weight excluding hydrogens is 975 g/mol. The number of carbonyl (C=O) groups is 9. The number of primary amides is 1. The van der Waals surface area contributed by atoms with E-state index in [1.807, 2.05) is 42.5 Å². The largest absolute Gasteiger partial charge is 0.480 e. The number of benzene rings is 3. The molecule has 16 N–H and O–H groups in total. The summed E-state index contributed by atoms with van der Waals surface area (Å²) in [6, 6.07) is 14.2. The Hall–Kier alpha value is -7.34. The molecule has 3 aromatic carbocycles. The fraction of sp³-hybridized carbons (Fsp3) is 0.431. The molecule has 0 aliphatic heterocycles. The topological polar surface area (TPSA) is 372 Å². The molecule has 74 heavy (non-hydrogen) atoms. The average molecular weight is 1040 g/mol. The number of hydrogen-bond donors (Lipinski definition) is 13. The third kappa shape index (κ3) is 19.3. The zero-order valence-electron chi connectivity index (χ0n) is 41.5. The third-order valence-corrected chi connectivity index (χ3v) is 12.6. The van der Waals surface area contributed by atoms with Crippen molar-refractivity contribution in [1.82, 2.24) is 42.2 Å². The minimum Gasteiger partial charge on any atom is -0.480 e. The SMILES string of the molecule is CSCC[C@H](NC(=O)[C@H](CCCCN)NC(=O)[C@H](CCC(N)=O)NC(=O)[C@H](Cc1c[nH]c2ccccc12)NC(=O)[C@@H](N)Cc1ccccc1)C(=O)N[C@@H](CO)C(=O)N[C@@H](Cc1ccccc1)C(=O)N[C@@H](C)C(=O)O. The molecule has 0 unspecified atom stereocenters. The van der Waals surface area contributed by atoms with Crippen LogP contribution >= 0.6 is 11.8 Å². The molecule has 4 rings (SSSR count). The first kappa shape index (κ1) is 59.2. The molecule has 8 amide bonds. The summed E-state index contributed by atoms with van der Waals surface area (Å²) in [6.07, 6.45) is 3.63. The number of carboxylic acids is 1. The van der Waals surface area contributed by atoms with Crippen molar-refractivity contribution in [3.63, 3.8) is 0 Å². The minimum absolute atomic E-state index is 0.00765. The number of rotatable bonds is 32. The number of nitrogens with one attached hydrogen (secondary N) is 8. The lowest BCUT2D eigenvalue weighted by Gasteiger charge is -2.27. The Bertz CT molecular complexity index is 2520. The van der Waals surface area contributed by atoms with Gasteiger partial charge in [-0.05, 0) is 86.8 Å². The van der Waals surface area contributed by atoms with E-state index in [9.17, 15) is 53.4 Å². The van der Waals surface area contributed by atoms with Crippen LogP contribution in [0.2, 0.25) is 0 Å². The van der Waals surface area contributed by atoms with E-state index in [1.54, 1.807) is 54.9 Å². The van der Waals surface area contributed by atoms with Gasteiger partial charge in [-0.3, -0.25) is 43.2 Å². The van der Waals surface area contributed by atoms with Gasteiger partial charge in [0.05, 0.1) is 12.6 Å². The van der Waals surface area contributed by atoms with Gasteiger partial charge in [0.25, 0.3) is 0 Å². The number of para-hydroxylation sites is 1. The van der Waals surface area contributed by atoms with E-state index < -0.39 is 108 Å². The number of unbranched alkanes of at least 4 members (excludes halogenated alkanes) is 1. The highest BCUT2D eigenvalue weighted by Gasteiger charge is 2.34. The maximum atomic E-state index is 14.3. The van der Waals surface area contributed by atoms with Crippen molar-refractivity contribution in [3.8, 4) is 0 Å². The second-order valence-electron chi connectivity index (χ2n) is 17.7. The fourth-order valence-electron chi connectivity index (χ4n) is 7.78. The number of nitrogens with two attached hydrogens (primary N) is 3. The number of H-pyrrole nitrogens is 1. The number of aromatic amines is 1. The minimum atomic E-state index is -1.64. The van der Waals surface area contributed by atoms with Crippen molar-refractivity contribution in [1.29, 1.82) is 0 Å². The van der Waals surface area contributed by atoms with Crippen LogP contribution in [0.25, 0.3) is 10.9 Å². The summed E-state index contributed by atoms with van der Waals surface area (Å²) in [5.41, 5.74) is 20.4. The number of thioether (sulfide) groups is 1. The molecule has 0 aliphatic rings. The number of amides is 8. The maximum Gasteiger partial charge on any atom is 0.325 e. The molecule has 0 saturated heterocycles. The van der Waals surface area contributed by atoms with Gasteiger partial charge < -0.3 is 69.6 Å². The van der Waals surface area contributed by atoms with Crippen LogP contribution in [-0.4, -0.2) is 142 Å². The first-order valence-corrected chi connectivity index (χ1v) is 25.7. The van der Waals surface area contributed by atoms with Gasteiger partial charge in [-0.1, -0.05) is 78.9 Å². The Balaban J connectivity index is 1.55. The van der Waals surface area contributed by atoms with Gasteiger partial charge in [0.2, 0.25) is 47.3 Å². The predicted octanol–water partition coefficient (Wildman–Crippen LogP) is -0.839. The number of carbonyl (C=O) groups excluding carboxylic acids is 8. The monoisotopic (exact) mass is 1040 g/mol. The van der Waals surface area contributed by atoms with Crippen LogP contribution in [0.3, 0.4) is 0 Å². The second-order valence-corrected chi connectivity index (χ2v) is 18.7. The van der Waals surface area contributed by atoms with Gasteiger partial charge in [0.1, 0.15) is 42.3 Å². The lowest BCUT2D eigenvalue weighted by Crippen LogP contribution is -2.61. The van der Waals surface area contributed by atoms with Crippen molar-refractivity contribution >= 4 is 75.9 Å². The van der Waals surface area contributed by atoms with Crippen molar-refractivity contribution in [3.05, 3.63) is 108 Å². The van der Waals surface area contributed by atoms with Crippen LogP contribution < -0.4 is 54.4 Å². The van der Waals surface area contributed by atoms with E-state index in [-0.39, 0.29) is 51.5 Å². The molecule has 0 spiro atoms. The lowest BCUT2D eigenvalue weighted by molar-refractivity contribution is -0.141. The summed E-state index contributed by atoms with van der Waals surface area (Å²) in [5.74, 6) is -7.65. The van der Waals surface area contributed by atoms with Crippen molar-refractivity contribution in [2.24, 2.45) is 17.2 Å². The normalized spacial score (nSPS) is 14.3. The molecule has 0 aliphatic carbocycles. The van der Waals surface area contributed by atoms with E-state index in [0.717, 1.165) is 16.5 Å². The molecule has 8 atom stereocenters. The smallest absolute Gasteiger partial charge is 0.325 e. The first-order valence-electron chi connectivity index (χ1n) is 24.3. The molecule has 0 fully saturated rings. The van der Waals surface area contributed by atoms with Crippen molar-refractivity contribution in [2.75, 3.05) is 25.2 Å². The number of carboxylic acid groups (broad SMARTS) is 1. The summed E-state index contributed by atoms with van der Waals surface area (Å²) in [7, 11) is 0. The number of fused-ring (bicyclic) bond motifs is 1. The number of aliphatic hydroxyl groups is 1. The molecule has 400 valence electrons. The summed E-state index contributed by atoms with van der Waals surface area (Å²) in [6.45, 7) is 0.553. The van der Waals surface area contributed by atoms with E-state index in [2.05, 4.69) is 42.2 Å². The van der Waals surface area contributed by atoms with Crippen LogP contribution in [0.1, 0.15) is 62.1 Å². The predicted molar refractivity (Wildman–Crippen MR) is 279 cm³/mol. The molecule has 0 radical (unpaired) electrons. The zero-order valence-corrected chi connectivity index (χ0v) is 42.3. The van der Waals surface area contributed by atoms with Crippen LogP contribution in [0.5, 0.6) is 0 Å². The molecule has 0 bridgehead atoms. The van der Waals surface area contributed by atoms with Crippen LogP contribution in [0, 0.1) is 0 Å². The quantitative estimate of drug-likeness (QED) is 0.0266. The van der Waals surface area contributed by atoms with Gasteiger partial charge >= 0.3 is 5.97 Å². The highest BCUT2D eigenvalue weighted by Crippen LogP contribution is 2.20. The Labute approximate surface area is 433 Å². The van der Waals surface area contributed by atoms with E-state index in [0.29, 0.717) is 29.7 Å². The highest BCUT2D eigenvalue weighted by molar-refractivity contribution is 7.98. The highest BCUT2D eigenvalue weighted by atomic mass is 32.2. The second kappa shape index (κ2) is 30.6. The van der Waals surface area contributed by atoms with Gasteiger partial charge in [0.15, 0.2) is 0 Å². The van der Waals surface area contributed by atoms with Crippen LogP contribution in [0.15, 0.2) is 91.1 Å². The molecule has 1 aromatic heterocycles. The summed E-state index contributed by atoms with van der Waals surface area (Å²) in [4.78, 5) is 124. The molecular formula is C51H69N11O11S. The van der Waals surface area contributed by atoms with Crippen LogP contribution in [0.4, 0.5) is 0 Å². The maximum absolute atomic E-state index is 14.3. The van der Waals surface area contributed by atoms with E-state index >= 15 is 0 Å². The Kier molecular flexibility index (Phi) is 24.5. The third-order valence-electron chi connectivity index (χ3n) is 12.0.